The molecule has 0 radical (unpaired) electrons. The lowest BCUT2D eigenvalue weighted by Gasteiger charge is -2.03. The highest BCUT2D eigenvalue weighted by Crippen LogP contribution is 2.39. The van der Waals surface area contributed by atoms with Gasteiger partial charge >= 0.3 is 5.97 Å². The highest BCUT2D eigenvalue weighted by atomic mass is 32.1. The normalized spacial score (nSPS) is 13.3. The fourth-order valence-electron chi connectivity index (χ4n) is 2.29. The maximum absolute atomic E-state index is 11.9. The van der Waals surface area contributed by atoms with Gasteiger partial charge in [0.25, 0.3) is 5.91 Å². The van der Waals surface area contributed by atoms with Crippen LogP contribution in [0, 0.1) is 0 Å². The molecule has 0 atom stereocenters. The Labute approximate surface area is 112 Å². The number of anilines is 1. The molecule has 0 saturated heterocycles. The van der Waals surface area contributed by atoms with E-state index in [0.717, 1.165) is 29.7 Å². The van der Waals surface area contributed by atoms with Crippen LogP contribution in [-0.2, 0) is 12.8 Å². The van der Waals surface area contributed by atoms with Gasteiger partial charge < -0.3 is 14.8 Å². The number of carboxylic acid groups (broad SMARTS) is 1. The molecule has 2 aromatic heterocycles. The maximum atomic E-state index is 11.9. The van der Waals surface area contributed by atoms with E-state index >= 15 is 0 Å². The van der Waals surface area contributed by atoms with Crippen molar-refractivity contribution in [2.24, 2.45) is 0 Å². The lowest BCUT2D eigenvalue weighted by Crippen LogP contribution is -2.13. The average molecular weight is 277 g/mol. The maximum Gasteiger partial charge on any atom is 0.339 e. The number of aromatic carboxylic acids is 1. The lowest BCUT2D eigenvalue weighted by atomic mass is 10.1. The number of amides is 1. The van der Waals surface area contributed by atoms with Crippen LogP contribution in [0.1, 0.15) is 37.6 Å². The Morgan fingerprint density at radius 2 is 2.21 bits per heavy atom. The van der Waals surface area contributed by atoms with E-state index in [1.165, 1.54) is 29.9 Å². The van der Waals surface area contributed by atoms with E-state index < -0.39 is 5.97 Å². The van der Waals surface area contributed by atoms with Gasteiger partial charge in [-0.25, -0.2) is 4.79 Å². The van der Waals surface area contributed by atoms with Crippen LogP contribution in [0.5, 0.6) is 0 Å². The van der Waals surface area contributed by atoms with Gasteiger partial charge in [0.05, 0.1) is 17.4 Å². The van der Waals surface area contributed by atoms with E-state index in [-0.39, 0.29) is 11.5 Å². The zero-order chi connectivity index (χ0) is 13.4. The van der Waals surface area contributed by atoms with Crippen LogP contribution >= 0.6 is 11.3 Å². The first-order valence-corrected chi connectivity index (χ1v) is 6.70. The van der Waals surface area contributed by atoms with E-state index in [1.54, 1.807) is 0 Å². The third kappa shape index (κ3) is 2.04. The SMILES string of the molecule is O=C(Nc1sc2c(c1C(=O)O)CCC2)c1ccoc1. The van der Waals surface area contributed by atoms with Gasteiger partial charge in [0.2, 0.25) is 0 Å². The van der Waals surface area contributed by atoms with Crippen molar-refractivity contribution < 1.29 is 19.1 Å². The lowest BCUT2D eigenvalue weighted by molar-refractivity contribution is 0.0697. The summed E-state index contributed by atoms with van der Waals surface area (Å²) in [5, 5.41) is 12.4. The second kappa shape index (κ2) is 4.55. The summed E-state index contributed by atoms with van der Waals surface area (Å²) in [6.45, 7) is 0. The van der Waals surface area contributed by atoms with Gasteiger partial charge in [-0.2, -0.15) is 0 Å². The molecule has 0 bridgehead atoms. The van der Waals surface area contributed by atoms with Gasteiger partial charge in [-0.15, -0.1) is 11.3 Å². The van der Waals surface area contributed by atoms with Gasteiger partial charge in [0.1, 0.15) is 11.3 Å². The number of hydrogen-bond acceptors (Lipinski definition) is 4. The van der Waals surface area contributed by atoms with Crippen molar-refractivity contribution in [3.8, 4) is 0 Å². The number of thiophene rings is 1. The predicted molar refractivity (Wildman–Crippen MR) is 70.0 cm³/mol. The number of rotatable bonds is 3. The van der Waals surface area contributed by atoms with Gasteiger partial charge in [0, 0.05) is 4.88 Å². The van der Waals surface area contributed by atoms with Crippen molar-refractivity contribution in [1.82, 2.24) is 0 Å². The van der Waals surface area contributed by atoms with Gasteiger partial charge in [-0.05, 0) is 30.9 Å². The third-order valence-electron chi connectivity index (χ3n) is 3.15. The Morgan fingerprint density at radius 1 is 1.37 bits per heavy atom. The highest BCUT2D eigenvalue weighted by Gasteiger charge is 2.27. The van der Waals surface area contributed by atoms with Crippen LogP contribution in [-0.4, -0.2) is 17.0 Å². The Bertz CT molecular complexity index is 642. The summed E-state index contributed by atoms with van der Waals surface area (Å²) < 4.78 is 4.84. The van der Waals surface area contributed by atoms with Crippen molar-refractivity contribution in [2.45, 2.75) is 19.3 Å². The Hall–Kier alpha value is -2.08. The first kappa shape index (κ1) is 12.0. The molecule has 98 valence electrons. The molecule has 0 fully saturated rings. The smallest absolute Gasteiger partial charge is 0.339 e. The van der Waals surface area contributed by atoms with Crippen LogP contribution in [0.2, 0.25) is 0 Å². The third-order valence-corrected chi connectivity index (χ3v) is 4.35. The summed E-state index contributed by atoms with van der Waals surface area (Å²) in [5.74, 6) is -1.34. The first-order valence-electron chi connectivity index (χ1n) is 5.88. The van der Waals surface area contributed by atoms with Gasteiger partial charge in [-0.1, -0.05) is 0 Å². The molecule has 2 aromatic rings. The second-order valence-electron chi connectivity index (χ2n) is 4.33. The number of carbonyl (C=O) groups is 2. The molecule has 0 aliphatic heterocycles. The van der Waals surface area contributed by atoms with Crippen LogP contribution in [0.15, 0.2) is 23.0 Å². The number of furan rings is 1. The zero-order valence-corrected chi connectivity index (χ0v) is 10.8. The van der Waals surface area contributed by atoms with Crippen LogP contribution in [0.25, 0.3) is 0 Å². The molecule has 1 aliphatic carbocycles. The van der Waals surface area contributed by atoms with Gasteiger partial charge in [0.15, 0.2) is 0 Å². The molecule has 2 heterocycles. The van der Waals surface area contributed by atoms with E-state index in [0.29, 0.717) is 10.6 Å². The van der Waals surface area contributed by atoms with Crippen LogP contribution < -0.4 is 5.32 Å². The molecule has 0 spiro atoms. The predicted octanol–water partition coefficient (Wildman–Crippen LogP) is 2.78. The number of carboxylic acids is 1. The second-order valence-corrected chi connectivity index (χ2v) is 5.44. The quantitative estimate of drug-likeness (QED) is 0.904. The summed E-state index contributed by atoms with van der Waals surface area (Å²) in [6.07, 6.45) is 5.38. The molecule has 2 N–H and O–H groups in total. The van der Waals surface area contributed by atoms with Crippen molar-refractivity contribution in [1.29, 1.82) is 0 Å². The Morgan fingerprint density at radius 3 is 2.89 bits per heavy atom. The summed E-state index contributed by atoms with van der Waals surface area (Å²) in [7, 11) is 0. The van der Waals surface area contributed by atoms with E-state index in [9.17, 15) is 14.7 Å². The van der Waals surface area contributed by atoms with E-state index in [2.05, 4.69) is 5.32 Å². The van der Waals surface area contributed by atoms with E-state index in [1.807, 2.05) is 0 Å². The summed E-state index contributed by atoms with van der Waals surface area (Å²) in [4.78, 5) is 24.3. The van der Waals surface area contributed by atoms with Crippen molar-refractivity contribution in [3.63, 3.8) is 0 Å². The highest BCUT2D eigenvalue weighted by molar-refractivity contribution is 7.17. The molecule has 5 nitrogen and oxygen atoms in total. The Balaban J connectivity index is 1.93. The van der Waals surface area contributed by atoms with Crippen LogP contribution in [0.3, 0.4) is 0 Å². The van der Waals surface area contributed by atoms with Crippen molar-refractivity contribution >= 4 is 28.2 Å². The fraction of sp³-hybridized carbons (Fsp3) is 0.231. The molecular weight excluding hydrogens is 266 g/mol. The molecule has 6 heteroatoms. The van der Waals surface area contributed by atoms with Crippen LogP contribution in [0.4, 0.5) is 5.00 Å². The fourth-order valence-corrected chi connectivity index (χ4v) is 3.56. The topological polar surface area (TPSA) is 79.5 Å². The minimum atomic E-state index is -0.984. The van der Waals surface area contributed by atoms with Crippen molar-refractivity contribution in [2.75, 3.05) is 5.32 Å². The molecule has 3 rings (SSSR count). The van der Waals surface area contributed by atoms with Gasteiger partial charge in [-0.3, -0.25) is 4.79 Å². The zero-order valence-electron chi connectivity index (χ0n) is 9.93. The minimum Gasteiger partial charge on any atom is -0.478 e. The van der Waals surface area contributed by atoms with Crippen molar-refractivity contribution in [3.05, 3.63) is 40.2 Å². The summed E-state index contributed by atoms with van der Waals surface area (Å²) >= 11 is 1.36. The summed E-state index contributed by atoms with van der Waals surface area (Å²) in [6, 6.07) is 1.54. The molecule has 0 aromatic carbocycles. The largest absolute Gasteiger partial charge is 0.478 e. The van der Waals surface area contributed by atoms with E-state index in [4.69, 9.17) is 4.42 Å². The molecule has 19 heavy (non-hydrogen) atoms. The molecule has 1 amide bonds. The molecule has 1 aliphatic rings. The minimum absolute atomic E-state index is 0.245. The number of hydrogen-bond donors (Lipinski definition) is 2. The summed E-state index contributed by atoms with van der Waals surface area (Å²) in [5.41, 5.74) is 1.50. The monoisotopic (exact) mass is 277 g/mol. The number of nitrogens with one attached hydrogen (secondary N) is 1. The number of aryl methyl sites for hydroxylation is 1. The number of fused-ring (bicyclic) bond motifs is 1. The number of carbonyl (C=O) groups excluding carboxylic acids is 1. The average Bonchev–Trinajstić information content (AvgIpc) is 3.03. The first-order chi connectivity index (χ1) is 9.16. The molecule has 0 unspecified atom stereocenters. The Kier molecular flexibility index (Phi) is 2.87. The standard InChI is InChI=1S/C13H11NO4S/c15-11(7-4-5-18-6-7)14-12-10(13(16)17)8-2-1-3-9(8)19-12/h4-6H,1-3H2,(H,14,15)(H,16,17). The molecular formula is C13H11NO4S. The molecule has 0 saturated carbocycles.